The van der Waals surface area contributed by atoms with Crippen LogP contribution >= 0.6 is 11.8 Å². The average Bonchev–Trinajstić information content (AvgIpc) is 3.07. The molecule has 0 unspecified atom stereocenters. The molecule has 9 heteroatoms. The molecule has 1 aliphatic heterocycles. The van der Waals surface area contributed by atoms with Crippen LogP contribution in [0.1, 0.15) is 17.5 Å². The lowest BCUT2D eigenvalue weighted by atomic mass is 10.1. The van der Waals surface area contributed by atoms with Gasteiger partial charge in [-0.15, -0.1) is 0 Å². The van der Waals surface area contributed by atoms with Gasteiger partial charge in [-0.05, 0) is 55.7 Å². The van der Waals surface area contributed by atoms with Crippen LogP contribution < -0.4 is 10.9 Å². The van der Waals surface area contributed by atoms with Crippen LogP contribution in [0.3, 0.4) is 0 Å². The molecule has 1 N–H and O–H groups in total. The van der Waals surface area contributed by atoms with Crippen molar-refractivity contribution in [3.05, 3.63) is 63.9 Å². The van der Waals surface area contributed by atoms with Gasteiger partial charge in [-0.25, -0.2) is 13.4 Å². The van der Waals surface area contributed by atoms with Crippen LogP contribution in [0, 0.1) is 13.8 Å². The van der Waals surface area contributed by atoms with E-state index in [1.165, 1.54) is 4.57 Å². The van der Waals surface area contributed by atoms with Crippen LogP contribution in [0.25, 0.3) is 16.6 Å². The second-order valence-corrected chi connectivity index (χ2v) is 10.9. The molecular weight excluding hydrogens is 434 g/mol. The number of aryl methyl sites for hydroxylation is 2. The molecule has 31 heavy (non-hydrogen) atoms. The number of fused-ring (bicyclic) bond motifs is 1. The van der Waals surface area contributed by atoms with Crippen molar-refractivity contribution < 1.29 is 13.2 Å². The Kier molecular flexibility index (Phi) is 5.90. The van der Waals surface area contributed by atoms with Crippen LogP contribution in [0.4, 0.5) is 0 Å². The molecule has 0 bridgehead atoms. The number of carbonyl (C=O) groups is 1. The molecule has 0 aliphatic carbocycles. The Bertz CT molecular complexity index is 1330. The summed E-state index contributed by atoms with van der Waals surface area (Å²) in [5.41, 5.74) is 3.23. The number of amides is 1. The first kappa shape index (κ1) is 21.6. The predicted molar refractivity (Wildman–Crippen MR) is 123 cm³/mol. The summed E-state index contributed by atoms with van der Waals surface area (Å²) in [7, 11) is -3.07. The zero-order valence-electron chi connectivity index (χ0n) is 17.3. The summed E-state index contributed by atoms with van der Waals surface area (Å²) in [5.74, 6) is -0.165. The first-order chi connectivity index (χ1) is 14.7. The highest BCUT2D eigenvalue weighted by atomic mass is 32.2. The van der Waals surface area contributed by atoms with E-state index in [-0.39, 0.29) is 34.8 Å². The van der Waals surface area contributed by atoms with Gasteiger partial charge in [0, 0.05) is 6.04 Å². The van der Waals surface area contributed by atoms with Gasteiger partial charge in [-0.2, -0.15) is 0 Å². The number of hydrogen-bond acceptors (Lipinski definition) is 6. The zero-order valence-corrected chi connectivity index (χ0v) is 18.9. The van der Waals surface area contributed by atoms with Gasteiger partial charge in [-0.3, -0.25) is 14.2 Å². The number of hydrogen-bond donors (Lipinski definition) is 1. The van der Waals surface area contributed by atoms with E-state index < -0.39 is 9.84 Å². The standard InChI is InChI=1S/C22H23N3O4S2/c1-14-7-8-17(11-15(14)2)25-21(27)18-5-3-4-6-19(18)24-22(25)30-12-20(26)23-16-9-10-31(28,29)13-16/h3-8,11,16H,9-10,12-13H2,1-2H3,(H,23,26)/t16-/m0/s1. The van der Waals surface area contributed by atoms with Gasteiger partial charge >= 0.3 is 0 Å². The van der Waals surface area contributed by atoms with Crippen molar-refractivity contribution in [1.29, 1.82) is 0 Å². The summed E-state index contributed by atoms with van der Waals surface area (Å²) in [6.07, 6.45) is 0.431. The monoisotopic (exact) mass is 457 g/mol. The van der Waals surface area contributed by atoms with E-state index in [0.717, 1.165) is 22.9 Å². The van der Waals surface area contributed by atoms with Crippen LogP contribution in [0.2, 0.25) is 0 Å². The Balaban J connectivity index is 1.65. The number of thioether (sulfide) groups is 1. The van der Waals surface area contributed by atoms with Crippen molar-refractivity contribution in [3.8, 4) is 5.69 Å². The Morgan fingerprint density at radius 3 is 2.68 bits per heavy atom. The molecule has 7 nitrogen and oxygen atoms in total. The van der Waals surface area contributed by atoms with Gasteiger partial charge in [0.25, 0.3) is 5.56 Å². The molecule has 0 radical (unpaired) electrons. The molecule has 0 saturated carbocycles. The SMILES string of the molecule is Cc1ccc(-n2c(SCC(=O)N[C@H]3CCS(=O)(=O)C3)nc3ccccc3c2=O)cc1C. The predicted octanol–water partition coefficient (Wildman–Crippen LogP) is 2.40. The maximum absolute atomic E-state index is 13.3. The van der Waals surface area contributed by atoms with Crippen LogP contribution in [0.15, 0.2) is 52.4 Å². The van der Waals surface area contributed by atoms with Crippen molar-refractivity contribution in [2.24, 2.45) is 0 Å². The van der Waals surface area contributed by atoms with Crippen LogP contribution in [-0.2, 0) is 14.6 Å². The molecule has 1 fully saturated rings. The summed E-state index contributed by atoms with van der Waals surface area (Å²) >= 11 is 1.16. The van der Waals surface area contributed by atoms with Crippen molar-refractivity contribution in [2.45, 2.75) is 31.5 Å². The van der Waals surface area contributed by atoms with Crippen molar-refractivity contribution in [1.82, 2.24) is 14.9 Å². The molecule has 2 aromatic carbocycles. The van der Waals surface area contributed by atoms with Gasteiger partial charge in [0.1, 0.15) is 0 Å². The Morgan fingerprint density at radius 1 is 1.19 bits per heavy atom. The van der Waals surface area contributed by atoms with Crippen LogP contribution in [0.5, 0.6) is 0 Å². The average molecular weight is 458 g/mol. The third kappa shape index (κ3) is 4.67. The van der Waals surface area contributed by atoms with Crippen molar-refractivity contribution in [2.75, 3.05) is 17.3 Å². The fraction of sp³-hybridized carbons (Fsp3) is 0.318. The lowest BCUT2D eigenvalue weighted by molar-refractivity contribution is -0.119. The fourth-order valence-electron chi connectivity index (χ4n) is 3.61. The molecule has 1 aromatic heterocycles. The minimum absolute atomic E-state index is 0.0228. The van der Waals surface area contributed by atoms with E-state index in [4.69, 9.17) is 0 Å². The number of benzene rings is 2. The molecule has 2 heterocycles. The zero-order chi connectivity index (χ0) is 22.2. The summed E-state index contributed by atoms with van der Waals surface area (Å²) < 4.78 is 24.8. The summed E-state index contributed by atoms with van der Waals surface area (Å²) in [6, 6.07) is 12.5. The van der Waals surface area contributed by atoms with Gasteiger partial charge in [0.05, 0.1) is 33.8 Å². The molecule has 162 valence electrons. The number of carbonyl (C=O) groups excluding carboxylic acids is 1. The van der Waals surface area contributed by atoms with Gasteiger partial charge in [0.2, 0.25) is 5.91 Å². The summed E-state index contributed by atoms with van der Waals surface area (Å²) in [4.78, 5) is 30.4. The van der Waals surface area contributed by atoms with Crippen molar-refractivity contribution in [3.63, 3.8) is 0 Å². The third-order valence-electron chi connectivity index (χ3n) is 5.42. The van der Waals surface area contributed by atoms with E-state index in [2.05, 4.69) is 10.3 Å². The fourth-order valence-corrected chi connectivity index (χ4v) is 6.11. The van der Waals surface area contributed by atoms with E-state index >= 15 is 0 Å². The highest BCUT2D eigenvalue weighted by molar-refractivity contribution is 7.99. The highest BCUT2D eigenvalue weighted by Crippen LogP contribution is 2.23. The topological polar surface area (TPSA) is 98.1 Å². The van der Waals surface area contributed by atoms with Gasteiger partial charge < -0.3 is 5.32 Å². The maximum Gasteiger partial charge on any atom is 0.266 e. The third-order valence-corrected chi connectivity index (χ3v) is 8.13. The van der Waals surface area contributed by atoms with E-state index in [9.17, 15) is 18.0 Å². The lowest BCUT2D eigenvalue weighted by Crippen LogP contribution is -2.36. The molecule has 1 atom stereocenters. The number of nitrogens with zero attached hydrogens (tertiary/aromatic N) is 2. The maximum atomic E-state index is 13.3. The van der Waals surface area contributed by atoms with E-state index in [0.29, 0.717) is 28.2 Å². The Hall–Kier alpha value is -2.65. The molecule has 3 aromatic rings. The molecule has 1 aliphatic rings. The molecule has 1 saturated heterocycles. The number of para-hydroxylation sites is 1. The number of rotatable bonds is 5. The number of aromatic nitrogens is 2. The minimum atomic E-state index is -3.07. The smallest absolute Gasteiger partial charge is 0.266 e. The second kappa shape index (κ2) is 8.47. The van der Waals surface area contributed by atoms with Crippen molar-refractivity contribution >= 4 is 38.4 Å². The first-order valence-corrected chi connectivity index (χ1v) is 12.8. The summed E-state index contributed by atoms with van der Waals surface area (Å²) in [5, 5.41) is 3.70. The second-order valence-electron chi connectivity index (χ2n) is 7.78. The Morgan fingerprint density at radius 2 is 1.97 bits per heavy atom. The molecular formula is C22H23N3O4S2. The lowest BCUT2D eigenvalue weighted by Gasteiger charge is -2.15. The van der Waals surface area contributed by atoms with Gasteiger partial charge in [0.15, 0.2) is 15.0 Å². The highest BCUT2D eigenvalue weighted by Gasteiger charge is 2.29. The normalized spacial score (nSPS) is 17.7. The Labute approximate surface area is 184 Å². The minimum Gasteiger partial charge on any atom is -0.352 e. The number of nitrogens with one attached hydrogen (secondary N) is 1. The van der Waals surface area contributed by atoms with E-state index in [1.54, 1.807) is 18.2 Å². The molecule has 1 amide bonds. The number of sulfone groups is 1. The summed E-state index contributed by atoms with van der Waals surface area (Å²) in [6.45, 7) is 3.98. The van der Waals surface area contributed by atoms with E-state index in [1.807, 2.05) is 38.1 Å². The molecule has 0 spiro atoms. The molecule has 4 rings (SSSR count). The van der Waals surface area contributed by atoms with Gasteiger partial charge in [-0.1, -0.05) is 30.0 Å². The van der Waals surface area contributed by atoms with Crippen LogP contribution in [-0.4, -0.2) is 47.2 Å². The quantitative estimate of drug-likeness (QED) is 0.467. The largest absolute Gasteiger partial charge is 0.352 e. The first-order valence-electron chi connectivity index (χ1n) is 9.95.